The summed E-state index contributed by atoms with van der Waals surface area (Å²) in [6, 6.07) is 11.1. The fourth-order valence-corrected chi connectivity index (χ4v) is 3.79. The van der Waals surface area contributed by atoms with Gasteiger partial charge in [-0.25, -0.2) is 0 Å². The number of hydrogen-bond donors (Lipinski definition) is 1. The van der Waals surface area contributed by atoms with Crippen LogP contribution in [0.4, 0.5) is 0 Å². The van der Waals surface area contributed by atoms with E-state index in [1.165, 1.54) is 17.6 Å². The van der Waals surface area contributed by atoms with Gasteiger partial charge in [0.05, 0.1) is 0 Å². The first-order valence-electron chi connectivity index (χ1n) is 8.54. The topological polar surface area (TPSA) is 75.9 Å². The van der Waals surface area contributed by atoms with Crippen LogP contribution in [0.1, 0.15) is 25.7 Å². The number of benzene rings is 1. The maximum Gasteiger partial charge on any atom is 0.246 e. The number of nitrogens with one attached hydrogen (secondary N) is 1. The second-order valence-corrected chi connectivity index (χ2v) is 6.78. The molecule has 2 atom stereocenters. The van der Waals surface area contributed by atoms with Crippen molar-refractivity contribution in [2.24, 2.45) is 0 Å². The van der Waals surface area contributed by atoms with Crippen molar-refractivity contribution >= 4 is 5.91 Å². The summed E-state index contributed by atoms with van der Waals surface area (Å²) in [5, 5.41) is 16.0. The number of nitrogens with zero attached hydrogens (tertiary/aromatic N) is 5. The molecule has 0 saturated carbocycles. The van der Waals surface area contributed by atoms with Crippen molar-refractivity contribution < 1.29 is 4.79 Å². The van der Waals surface area contributed by atoms with Crippen molar-refractivity contribution in [1.82, 2.24) is 30.4 Å². The fraction of sp³-hybridized carbons (Fsp3) is 0.529. The van der Waals surface area contributed by atoms with Crippen LogP contribution in [0.5, 0.6) is 0 Å². The monoisotopic (exact) mass is 326 g/mol. The second-order valence-electron chi connectivity index (χ2n) is 6.78. The fourth-order valence-electron chi connectivity index (χ4n) is 3.79. The lowest BCUT2D eigenvalue weighted by Gasteiger charge is -2.35. The Balaban J connectivity index is 1.40. The maximum atomic E-state index is 12.6. The predicted molar refractivity (Wildman–Crippen MR) is 89.0 cm³/mol. The molecule has 1 aromatic heterocycles. The van der Waals surface area contributed by atoms with Crippen LogP contribution < -0.4 is 5.32 Å². The summed E-state index contributed by atoms with van der Waals surface area (Å²) < 4.78 is 0. The third kappa shape index (κ3) is 3.03. The Morgan fingerprint density at radius 1 is 1.25 bits per heavy atom. The Morgan fingerprint density at radius 3 is 2.67 bits per heavy atom. The van der Waals surface area contributed by atoms with Gasteiger partial charge >= 0.3 is 0 Å². The van der Waals surface area contributed by atoms with Crippen LogP contribution in [0.3, 0.4) is 0 Å². The summed E-state index contributed by atoms with van der Waals surface area (Å²) >= 11 is 0. The Labute approximate surface area is 141 Å². The molecule has 1 amide bonds. The zero-order chi connectivity index (χ0) is 16.5. The largest absolute Gasteiger partial charge is 0.341 e. The Kier molecular flexibility index (Phi) is 4.02. The summed E-state index contributed by atoms with van der Waals surface area (Å²) in [4.78, 5) is 15.8. The minimum atomic E-state index is 0.0401. The SMILES string of the molecule is CN(C(=O)Cn1nnc(-c2ccccc2)n1)C1CC2CCC(C1)N2. The van der Waals surface area contributed by atoms with Gasteiger partial charge in [0.15, 0.2) is 0 Å². The molecular formula is C17H22N6O. The second kappa shape index (κ2) is 6.32. The molecule has 2 bridgehead atoms. The summed E-state index contributed by atoms with van der Waals surface area (Å²) in [6.07, 6.45) is 4.54. The first kappa shape index (κ1) is 15.3. The number of tetrazole rings is 1. The van der Waals surface area contributed by atoms with Crippen molar-refractivity contribution in [3.63, 3.8) is 0 Å². The van der Waals surface area contributed by atoms with Gasteiger partial charge in [-0.1, -0.05) is 30.3 Å². The lowest BCUT2D eigenvalue weighted by molar-refractivity contribution is -0.133. The van der Waals surface area contributed by atoms with E-state index < -0.39 is 0 Å². The average Bonchev–Trinajstić information content (AvgIpc) is 3.21. The van der Waals surface area contributed by atoms with Gasteiger partial charge in [-0.15, -0.1) is 10.2 Å². The highest BCUT2D eigenvalue weighted by Crippen LogP contribution is 2.29. The van der Waals surface area contributed by atoms with Gasteiger partial charge in [0.2, 0.25) is 11.7 Å². The molecule has 24 heavy (non-hydrogen) atoms. The van der Waals surface area contributed by atoms with E-state index in [-0.39, 0.29) is 12.5 Å². The Morgan fingerprint density at radius 2 is 1.96 bits per heavy atom. The van der Waals surface area contributed by atoms with Crippen LogP contribution in [0.2, 0.25) is 0 Å². The molecule has 3 heterocycles. The molecule has 2 fully saturated rings. The highest BCUT2D eigenvalue weighted by Gasteiger charge is 2.36. The third-order valence-corrected chi connectivity index (χ3v) is 5.15. The number of carbonyl (C=O) groups excluding carboxylic acids is 1. The van der Waals surface area contributed by atoms with Crippen LogP contribution in [0.25, 0.3) is 11.4 Å². The predicted octanol–water partition coefficient (Wildman–Crippen LogP) is 1.08. The number of rotatable bonds is 4. The van der Waals surface area contributed by atoms with Gasteiger partial charge in [0.25, 0.3) is 0 Å². The number of aromatic nitrogens is 4. The minimum Gasteiger partial charge on any atom is -0.341 e. The molecule has 126 valence electrons. The van der Waals surface area contributed by atoms with Crippen molar-refractivity contribution in [2.75, 3.05) is 7.05 Å². The van der Waals surface area contributed by atoms with Crippen LogP contribution in [-0.2, 0) is 11.3 Å². The molecule has 2 aliphatic rings. The Bertz CT molecular complexity index is 703. The number of amides is 1. The molecule has 2 aromatic rings. The summed E-state index contributed by atoms with van der Waals surface area (Å²) in [5.74, 6) is 0.587. The molecule has 2 aliphatic heterocycles. The zero-order valence-corrected chi connectivity index (χ0v) is 13.8. The standard InChI is InChI=1S/C17H22N6O/c1-22(15-9-13-7-8-14(10-15)18-13)16(24)11-23-20-17(19-21-23)12-5-3-2-4-6-12/h2-6,13-15,18H,7-11H2,1H3. The normalized spacial score (nSPS) is 25.6. The smallest absolute Gasteiger partial charge is 0.246 e. The third-order valence-electron chi connectivity index (χ3n) is 5.15. The van der Waals surface area contributed by atoms with Crippen molar-refractivity contribution in [3.8, 4) is 11.4 Å². The number of piperidine rings is 1. The van der Waals surface area contributed by atoms with Crippen LogP contribution in [0, 0.1) is 0 Å². The van der Waals surface area contributed by atoms with Crippen molar-refractivity contribution in [3.05, 3.63) is 30.3 Å². The molecule has 0 radical (unpaired) electrons. The Hall–Kier alpha value is -2.28. The summed E-state index contributed by atoms with van der Waals surface area (Å²) in [7, 11) is 1.90. The molecule has 0 spiro atoms. The highest BCUT2D eigenvalue weighted by molar-refractivity contribution is 5.75. The van der Waals surface area contributed by atoms with Gasteiger partial charge in [-0.3, -0.25) is 4.79 Å². The van der Waals surface area contributed by atoms with E-state index >= 15 is 0 Å². The zero-order valence-electron chi connectivity index (χ0n) is 13.8. The average molecular weight is 326 g/mol. The number of likely N-dealkylation sites (N-methyl/N-ethyl adjacent to an activating group) is 1. The first-order chi connectivity index (χ1) is 11.7. The molecule has 4 rings (SSSR count). The molecule has 7 heteroatoms. The lowest BCUT2D eigenvalue weighted by Crippen LogP contribution is -2.49. The molecule has 7 nitrogen and oxygen atoms in total. The van der Waals surface area contributed by atoms with Crippen molar-refractivity contribution in [2.45, 2.75) is 50.4 Å². The van der Waals surface area contributed by atoms with Crippen LogP contribution >= 0.6 is 0 Å². The van der Waals surface area contributed by atoms with E-state index in [1.807, 2.05) is 42.3 Å². The van der Waals surface area contributed by atoms with Gasteiger partial charge in [0.1, 0.15) is 6.54 Å². The van der Waals surface area contributed by atoms with E-state index in [0.29, 0.717) is 23.9 Å². The maximum absolute atomic E-state index is 12.6. The summed E-state index contributed by atoms with van der Waals surface area (Å²) in [6.45, 7) is 0.135. The molecule has 1 aromatic carbocycles. The minimum absolute atomic E-state index is 0.0401. The van der Waals surface area contributed by atoms with E-state index in [9.17, 15) is 4.79 Å². The molecule has 0 aliphatic carbocycles. The quantitative estimate of drug-likeness (QED) is 0.910. The lowest BCUT2D eigenvalue weighted by atomic mass is 9.98. The van der Waals surface area contributed by atoms with E-state index in [4.69, 9.17) is 0 Å². The number of fused-ring (bicyclic) bond motifs is 2. The van der Waals surface area contributed by atoms with E-state index in [1.54, 1.807) is 0 Å². The van der Waals surface area contributed by atoms with Crippen molar-refractivity contribution in [1.29, 1.82) is 0 Å². The van der Waals surface area contributed by atoms with Crippen LogP contribution in [-0.4, -0.2) is 56.2 Å². The molecule has 2 unspecified atom stereocenters. The molecule has 1 N–H and O–H groups in total. The first-order valence-corrected chi connectivity index (χ1v) is 8.54. The van der Waals surface area contributed by atoms with Gasteiger partial charge in [-0.05, 0) is 30.9 Å². The molecule has 2 saturated heterocycles. The van der Waals surface area contributed by atoms with Gasteiger partial charge < -0.3 is 10.2 Å². The number of carbonyl (C=O) groups is 1. The molecular weight excluding hydrogens is 304 g/mol. The number of hydrogen-bond acceptors (Lipinski definition) is 5. The van der Waals surface area contributed by atoms with Gasteiger partial charge in [-0.2, -0.15) is 4.80 Å². The summed E-state index contributed by atoms with van der Waals surface area (Å²) in [5.41, 5.74) is 0.902. The van der Waals surface area contributed by atoms with E-state index in [2.05, 4.69) is 20.7 Å². The van der Waals surface area contributed by atoms with Gasteiger partial charge in [0, 0.05) is 30.7 Å². The van der Waals surface area contributed by atoms with Crippen LogP contribution in [0.15, 0.2) is 30.3 Å². The highest BCUT2D eigenvalue weighted by atomic mass is 16.2. The van der Waals surface area contributed by atoms with E-state index in [0.717, 1.165) is 18.4 Å².